The molecule has 2 aromatic heterocycles. The Balaban J connectivity index is 1.74. The summed E-state index contributed by atoms with van der Waals surface area (Å²) in [6.07, 6.45) is 3.30. The highest BCUT2D eigenvalue weighted by molar-refractivity contribution is 7.09. The van der Waals surface area contributed by atoms with Gasteiger partial charge >= 0.3 is 0 Å². The molecule has 0 spiro atoms. The molecule has 0 bridgehead atoms. The first-order valence-corrected chi connectivity index (χ1v) is 11.8. The molecule has 0 aliphatic rings. The molecule has 0 saturated carbocycles. The summed E-state index contributed by atoms with van der Waals surface area (Å²) in [6, 6.07) is 13.5. The fraction of sp³-hybridized carbons (Fsp3) is 0.222. The van der Waals surface area contributed by atoms with Gasteiger partial charge in [-0.15, -0.1) is 11.3 Å². The van der Waals surface area contributed by atoms with E-state index in [1.165, 1.54) is 0 Å². The van der Waals surface area contributed by atoms with Crippen molar-refractivity contribution < 1.29 is 23.4 Å². The van der Waals surface area contributed by atoms with Crippen molar-refractivity contribution in [1.82, 2.24) is 5.32 Å². The molecule has 2 heterocycles. The molecule has 2 aromatic carbocycles. The number of thiophene rings is 1. The van der Waals surface area contributed by atoms with Crippen molar-refractivity contribution in [3.63, 3.8) is 0 Å². The monoisotopic (exact) mass is 477 g/mol. The van der Waals surface area contributed by atoms with Crippen molar-refractivity contribution in [2.75, 3.05) is 20.8 Å². The predicted octanol–water partition coefficient (Wildman–Crippen LogP) is 6.30. The summed E-state index contributed by atoms with van der Waals surface area (Å²) in [5, 5.41) is 5.82. The lowest BCUT2D eigenvalue weighted by Gasteiger charge is -2.13. The van der Waals surface area contributed by atoms with Crippen molar-refractivity contribution in [1.29, 1.82) is 0 Å². The number of methoxy groups -OCH3 is 2. The summed E-state index contributed by atoms with van der Waals surface area (Å²) in [7, 11) is 3.26. The standard InChI is InChI=1S/C27H27NO5S/c1-5-32-25-14-26-22(23(16-33-26)21-12-18(30-3)8-9-24(21)31-4)13-20(25)17(2)11-27(29)28-15-19-7-6-10-34-19/h6-14,16H,5,15H2,1-4H3,(H,28,29)/b17-11+. The smallest absolute Gasteiger partial charge is 0.244 e. The molecule has 34 heavy (non-hydrogen) atoms. The van der Waals surface area contributed by atoms with Crippen LogP contribution in [-0.4, -0.2) is 26.7 Å². The SMILES string of the molecule is CCOc1cc2occ(-c3cc(OC)ccc3OC)c2cc1/C(C)=C/C(=O)NCc1cccs1. The molecule has 0 radical (unpaired) electrons. The van der Waals surface area contributed by atoms with E-state index < -0.39 is 0 Å². The Morgan fingerprint density at radius 1 is 1.09 bits per heavy atom. The number of nitrogens with one attached hydrogen (secondary N) is 1. The third-order valence-corrected chi connectivity index (χ3v) is 6.34. The van der Waals surface area contributed by atoms with Gasteiger partial charge in [0, 0.05) is 39.1 Å². The molecule has 0 aliphatic carbocycles. The molecule has 0 unspecified atom stereocenters. The van der Waals surface area contributed by atoms with Crippen LogP contribution < -0.4 is 19.5 Å². The van der Waals surface area contributed by atoms with Gasteiger partial charge in [0.15, 0.2) is 0 Å². The van der Waals surface area contributed by atoms with Gasteiger partial charge in [0.25, 0.3) is 0 Å². The highest BCUT2D eigenvalue weighted by atomic mass is 32.1. The number of carbonyl (C=O) groups excluding carboxylic acids is 1. The van der Waals surface area contributed by atoms with Gasteiger partial charge in [0.2, 0.25) is 5.91 Å². The molecule has 4 rings (SSSR count). The molecule has 0 atom stereocenters. The van der Waals surface area contributed by atoms with Gasteiger partial charge in [0.1, 0.15) is 22.8 Å². The van der Waals surface area contributed by atoms with E-state index in [9.17, 15) is 4.79 Å². The first-order valence-electron chi connectivity index (χ1n) is 10.9. The Hall–Kier alpha value is -3.71. The van der Waals surface area contributed by atoms with E-state index in [2.05, 4.69) is 5.32 Å². The molecule has 0 saturated heterocycles. The number of furan rings is 1. The molecule has 1 amide bonds. The van der Waals surface area contributed by atoms with Crippen LogP contribution in [0.1, 0.15) is 24.3 Å². The highest BCUT2D eigenvalue weighted by Crippen LogP contribution is 2.41. The fourth-order valence-corrected chi connectivity index (χ4v) is 4.43. The van der Waals surface area contributed by atoms with Gasteiger partial charge in [-0.3, -0.25) is 4.79 Å². The Bertz CT molecular complexity index is 1320. The van der Waals surface area contributed by atoms with Crippen molar-refractivity contribution in [2.24, 2.45) is 0 Å². The van der Waals surface area contributed by atoms with Crippen molar-refractivity contribution >= 4 is 33.8 Å². The number of rotatable bonds is 9. The maximum Gasteiger partial charge on any atom is 0.244 e. The van der Waals surface area contributed by atoms with E-state index in [0.29, 0.717) is 30.2 Å². The van der Waals surface area contributed by atoms with Crippen molar-refractivity contribution in [2.45, 2.75) is 20.4 Å². The van der Waals surface area contributed by atoms with Crippen LogP contribution in [0.15, 0.2) is 64.6 Å². The molecule has 176 valence electrons. The molecule has 4 aromatic rings. The van der Waals surface area contributed by atoms with Gasteiger partial charge in [-0.25, -0.2) is 0 Å². The summed E-state index contributed by atoms with van der Waals surface area (Å²) in [5.41, 5.74) is 4.02. The summed E-state index contributed by atoms with van der Waals surface area (Å²) in [4.78, 5) is 13.7. The van der Waals surface area contributed by atoms with Crippen LogP contribution in [0.25, 0.3) is 27.7 Å². The van der Waals surface area contributed by atoms with Gasteiger partial charge in [-0.1, -0.05) is 6.07 Å². The lowest BCUT2D eigenvalue weighted by Crippen LogP contribution is -2.20. The average molecular weight is 478 g/mol. The lowest BCUT2D eigenvalue weighted by atomic mass is 9.98. The van der Waals surface area contributed by atoms with Crippen LogP contribution in [0.5, 0.6) is 17.2 Å². The minimum atomic E-state index is -0.157. The van der Waals surface area contributed by atoms with Crippen molar-refractivity contribution in [3.05, 3.63) is 70.6 Å². The summed E-state index contributed by atoms with van der Waals surface area (Å²) < 4.78 is 22.8. The van der Waals surface area contributed by atoms with Crippen LogP contribution >= 0.6 is 11.3 Å². The number of hydrogen-bond donors (Lipinski definition) is 1. The molecular formula is C27H27NO5S. The number of fused-ring (bicyclic) bond motifs is 1. The summed E-state index contributed by atoms with van der Waals surface area (Å²) in [6.45, 7) is 4.82. The second-order valence-corrected chi connectivity index (χ2v) is 8.65. The van der Waals surface area contributed by atoms with E-state index in [0.717, 1.165) is 38.3 Å². The minimum Gasteiger partial charge on any atom is -0.497 e. The zero-order valence-corrected chi connectivity index (χ0v) is 20.5. The molecule has 1 N–H and O–H groups in total. The average Bonchev–Trinajstić information content (AvgIpc) is 3.51. The first-order chi connectivity index (χ1) is 16.5. The van der Waals surface area contributed by atoms with Crippen LogP contribution in [0, 0.1) is 0 Å². The third-order valence-electron chi connectivity index (χ3n) is 5.46. The van der Waals surface area contributed by atoms with E-state index in [1.807, 2.05) is 61.7 Å². The van der Waals surface area contributed by atoms with Gasteiger partial charge in [-0.2, -0.15) is 0 Å². The number of hydrogen-bond acceptors (Lipinski definition) is 6. The molecule has 0 fully saturated rings. The number of ether oxygens (including phenoxy) is 3. The van der Waals surface area contributed by atoms with Gasteiger partial charge in [0.05, 0.1) is 33.6 Å². The Morgan fingerprint density at radius 2 is 1.94 bits per heavy atom. The number of allylic oxidation sites excluding steroid dienone is 1. The van der Waals surface area contributed by atoms with E-state index in [1.54, 1.807) is 37.9 Å². The molecular weight excluding hydrogens is 450 g/mol. The number of benzene rings is 2. The number of amides is 1. The lowest BCUT2D eigenvalue weighted by molar-refractivity contribution is -0.116. The summed E-state index contributed by atoms with van der Waals surface area (Å²) >= 11 is 1.61. The Kier molecular flexibility index (Phi) is 7.23. The van der Waals surface area contributed by atoms with Crippen molar-refractivity contribution in [3.8, 4) is 28.4 Å². The molecule has 6 nitrogen and oxygen atoms in total. The highest BCUT2D eigenvalue weighted by Gasteiger charge is 2.18. The quantitative estimate of drug-likeness (QED) is 0.287. The van der Waals surface area contributed by atoms with Crippen LogP contribution in [0.2, 0.25) is 0 Å². The van der Waals surface area contributed by atoms with Crippen LogP contribution in [-0.2, 0) is 11.3 Å². The number of carbonyl (C=O) groups is 1. The second-order valence-electron chi connectivity index (χ2n) is 7.62. The van der Waals surface area contributed by atoms with E-state index in [-0.39, 0.29) is 5.91 Å². The zero-order valence-electron chi connectivity index (χ0n) is 19.6. The fourth-order valence-electron chi connectivity index (χ4n) is 3.78. The first kappa shape index (κ1) is 23.4. The van der Waals surface area contributed by atoms with E-state index >= 15 is 0 Å². The summed E-state index contributed by atoms with van der Waals surface area (Å²) in [5.74, 6) is 1.93. The normalized spacial score (nSPS) is 11.5. The van der Waals surface area contributed by atoms with Gasteiger partial charge < -0.3 is 23.9 Å². The van der Waals surface area contributed by atoms with Crippen LogP contribution in [0.4, 0.5) is 0 Å². The maximum absolute atomic E-state index is 12.6. The predicted molar refractivity (Wildman–Crippen MR) is 136 cm³/mol. The Morgan fingerprint density at radius 3 is 2.65 bits per heavy atom. The molecule has 0 aliphatic heterocycles. The zero-order chi connectivity index (χ0) is 24.1. The Labute approximate surface area is 202 Å². The van der Waals surface area contributed by atoms with Gasteiger partial charge in [-0.05, 0) is 55.1 Å². The molecule has 7 heteroatoms. The topological polar surface area (TPSA) is 69.9 Å². The van der Waals surface area contributed by atoms with E-state index in [4.69, 9.17) is 18.6 Å². The third kappa shape index (κ3) is 4.94. The second kappa shape index (κ2) is 10.5. The van der Waals surface area contributed by atoms with Crippen LogP contribution in [0.3, 0.4) is 0 Å². The minimum absolute atomic E-state index is 0.157. The largest absolute Gasteiger partial charge is 0.497 e. The maximum atomic E-state index is 12.6.